The van der Waals surface area contributed by atoms with Gasteiger partial charge in [0.1, 0.15) is 0 Å². The fourth-order valence-electron chi connectivity index (χ4n) is 3.36. The Balaban J connectivity index is 1.35. The topological polar surface area (TPSA) is 32.3 Å². The molecule has 1 saturated heterocycles. The molecule has 0 saturated carbocycles. The number of benzene rings is 2. The van der Waals surface area contributed by atoms with Gasteiger partial charge in [0.25, 0.3) is 0 Å². The van der Waals surface area contributed by atoms with Crippen molar-refractivity contribution in [2.24, 2.45) is 5.92 Å². The first kappa shape index (κ1) is 19.2. The van der Waals surface area contributed by atoms with E-state index in [4.69, 9.17) is 11.6 Å². The summed E-state index contributed by atoms with van der Waals surface area (Å²) < 4.78 is 1.10. The summed E-state index contributed by atoms with van der Waals surface area (Å²) in [7, 11) is 0. The van der Waals surface area contributed by atoms with Gasteiger partial charge in [0.05, 0.1) is 0 Å². The van der Waals surface area contributed by atoms with Crippen molar-refractivity contribution in [2.75, 3.05) is 24.5 Å². The molecule has 0 spiro atoms. The summed E-state index contributed by atoms with van der Waals surface area (Å²) in [6.07, 6.45) is 3.47. The lowest BCUT2D eigenvalue weighted by Crippen LogP contribution is -2.30. The first-order valence-corrected chi connectivity index (χ1v) is 10.3. The number of aryl methyl sites for hydroxylation is 1. The van der Waals surface area contributed by atoms with E-state index in [-0.39, 0.29) is 5.91 Å². The summed E-state index contributed by atoms with van der Waals surface area (Å²) in [4.78, 5) is 14.5. The highest BCUT2D eigenvalue weighted by molar-refractivity contribution is 9.10. The zero-order chi connectivity index (χ0) is 18.4. The minimum atomic E-state index is 0.153. The van der Waals surface area contributed by atoms with Crippen LogP contribution in [0, 0.1) is 5.92 Å². The van der Waals surface area contributed by atoms with Crippen LogP contribution in [0.2, 0.25) is 5.02 Å². The number of halogens is 2. The van der Waals surface area contributed by atoms with Gasteiger partial charge in [-0.3, -0.25) is 4.79 Å². The number of rotatable bonds is 7. The number of hydrogen-bond acceptors (Lipinski definition) is 2. The third-order valence-corrected chi connectivity index (χ3v) is 5.57. The molecule has 1 heterocycles. The molecule has 0 aliphatic carbocycles. The molecular formula is C21H24BrClN2O. The molecular weight excluding hydrogens is 412 g/mol. The molecule has 5 heteroatoms. The van der Waals surface area contributed by atoms with Gasteiger partial charge in [0.15, 0.2) is 0 Å². The number of hydrogen-bond donors (Lipinski definition) is 1. The van der Waals surface area contributed by atoms with Crippen LogP contribution in [-0.2, 0) is 11.2 Å². The Labute approximate surface area is 168 Å². The Kier molecular flexibility index (Phi) is 6.98. The normalized spacial score (nSPS) is 16.7. The average Bonchev–Trinajstić information content (AvgIpc) is 3.11. The lowest BCUT2D eigenvalue weighted by atomic mass is 10.1. The molecule has 0 radical (unpaired) electrons. The Hall–Kier alpha value is -1.52. The summed E-state index contributed by atoms with van der Waals surface area (Å²) in [5.74, 6) is 0.675. The Morgan fingerprint density at radius 1 is 1.23 bits per heavy atom. The van der Waals surface area contributed by atoms with Crippen molar-refractivity contribution in [1.29, 1.82) is 0 Å². The molecule has 1 N–H and O–H groups in total. The SMILES string of the molecule is O=C(CCCc1ccc(Cl)cc1)NCC1CCN(c2cccc(Br)c2)C1. The highest BCUT2D eigenvalue weighted by atomic mass is 79.9. The van der Waals surface area contributed by atoms with E-state index in [1.54, 1.807) is 0 Å². The summed E-state index contributed by atoms with van der Waals surface area (Å²) in [6.45, 7) is 2.82. The van der Waals surface area contributed by atoms with E-state index in [2.05, 4.69) is 44.3 Å². The maximum absolute atomic E-state index is 12.1. The molecule has 0 bridgehead atoms. The second-order valence-electron chi connectivity index (χ2n) is 6.86. The molecule has 2 aromatic rings. The van der Waals surface area contributed by atoms with E-state index < -0.39 is 0 Å². The van der Waals surface area contributed by atoms with E-state index in [0.29, 0.717) is 12.3 Å². The molecule has 1 aliphatic rings. The Morgan fingerprint density at radius 3 is 2.81 bits per heavy atom. The van der Waals surface area contributed by atoms with Crippen molar-refractivity contribution in [2.45, 2.75) is 25.7 Å². The lowest BCUT2D eigenvalue weighted by Gasteiger charge is -2.19. The Morgan fingerprint density at radius 2 is 2.04 bits per heavy atom. The molecule has 1 aliphatic heterocycles. The van der Waals surface area contributed by atoms with Crippen LogP contribution in [0.5, 0.6) is 0 Å². The first-order valence-electron chi connectivity index (χ1n) is 9.12. The number of amides is 1. The van der Waals surface area contributed by atoms with Crippen LogP contribution >= 0.6 is 27.5 Å². The average molecular weight is 436 g/mol. The van der Waals surface area contributed by atoms with Crippen molar-refractivity contribution >= 4 is 39.1 Å². The molecule has 1 amide bonds. The lowest BCUT2D eigenvalue weighted by molar-refractivity contribution is -0.121. The van der Waals surface area contributed by atoms with Gasteiger partial charge >= 0.3 is 0 Å². The van der Waals surface area contributed by atoms with Crippen molar-refractivity contribution < 1.29 is 4.79 Å². The van der Waals surface area contributed by atoms with E-state index in [0.717, 1.165) is 48.4 Å². The number of carbonyl (C=O) groups excluding carboxylic acids is 1. The number of nitrogens with zero attached hydrogens (tertiary/aromatic N) is 1. The second kappa shape index (κ2) is 9.43. The fraction of sp³-hybridized carbons (Fsp3) is 0.381. The van der Waals surface area contributed by atoms with Crippen molar-refractivity contribution in [3.8, 4) is 0 Å². The zero-order valence-electron chi connectivity index (χ0n) is 14.8. The standard InChI is InChI=1S/C21H24BrClN2O/c22-18-4-2-5-20(13-18)25-12-11-17(15-25)14-24-21(26)6-1-3-16-7-9-19(23)10-8-16/h2,4-5,7-10,13,17H,1,3,6,11-12,14-15H2,(H,24,26). The van der Waals surface area contributed by atoms with Crippen LogP contribution in [-0.4, -0.2) is 25.5 Å². The molecule has 26 heavy (non-hydrogen) atoms. The Bertz CT molecular complexity index is 735. The van der Waals surface area contributed by atoms with Gasteiger partial charge in [0, 0.05) is 41.2 Å². The van der Waals surface area contributed by atoms with E-state index in [9.17, 15) is 4.79 Å². The largest absolute Gasteiger partial charge is 0.371 e. The predicted molar refractivity (Wildman–Crippen MR) is 112 cm³/mol. The number of anilines is 1. The smallest absolute Gasteiger partial charge is 0.220 e. The minimum absolute atomic E-state index is 0.153. The monoisotopic (exact) mass is 434 g/mol. The van der Waals surface area contributed by atoms with Gasteiger partial charge in [-0.15, -0.1) is 0 Å². The molecule has 3 rings (SSSR count). The molecule has 1 fully saturated rings. The third kappa shape index (κ3) is 5.75. The van der Waals surface area contributed by atoms with Crippen molar-refractivity contribution in [1.82, 2.24) is 5.32 Å². The fourth-order valence-corrected chi connectivity index (χ4v) is 3.87. The summed E-state index contributed by atoms with van der Waals surface area (Å²) in [6, 6.07) is 16.2. The van der Waals surface area contributed by atoms with Crippen LogP contribution in [0.4, 0.5) is 5.69 Å². The highest BCUT2D eigenvalue weighted by Crippen LogP contribution is 2.26. The first-order chi connectivity index (χ1) is 12.6. The number of nitrogens with one attached hydrogen (secondary N) is 1. The van der Waals surface area contributed by atoms with Crippen molar-refractivity contribution in [3.05, 3.63) is 63.6 Å². The van der Waals surface area contributed by atoms with Gasteiger partial charge < -0.3 is 10.2 Å². The molecule has 3 nitrogen and oxygen atoms in total. The highest BCUT2D eigenvalue weighted by Gasteiger charge is 2.23. The molecule has 138 valence electrons. The minimum Gasteiger partial charge on any atom is -0.371 e. The van der Waals surface area contributed by atoms with E-state index in [1.807, 2.05) is 30.3 Å². The zero-order valence-corrected chi connectivity index (χ0v) is 17.1. The summed E-state index contributed by atoms with van der Waals surface area (Å²) in [5, 5.41) is 3.86. The van der Waals surface area contributed by atoms with Crippen LogP contribution in [0.1, 0.15) is 24.8 Å². The third-order valence-electron chi connectivity index (χ3n) is 4.83. The summed E-state index contributed by atoms with van der Waals surface area (Å²) >= 11 is 9.42. The van der Waals surface area contributed by atoms with Gasteiger partial charge in [-0.25, -0.2) is 0 Å². The van der Waals surface area contributed by atoms with Crippen LogP contribution in [0.15, 0.2) is 53.0 Å². The van der Waals surface area contributed by atoms with Gasteiger partial charge in [-0.05, 0) is 61.1 Å². The van der Waals surface area contributed by atoms with Gasteiger partial charge in [0.2, 0.25) is 5.91 Å². The van der Waals surface area contributed by atoms with Gasteiger partial charge in [-0.2, -0.15) is 0 Å². The molecule has 2 aromatic carbocycles. The maximum Gasteiger partial charge on any atom is 0.220 e. The second-order valence-corrected chi connectivity index (χ2v) is 8.22. The van der Waals surface area contributed by atoms with Gasteiger partial charge in [-0.1, -0.05) is 45.7 Å². The molecule has 1 unspecified atom stereocenters. The van der Waals surface area contributed by atoms with E-state index >= 15 is 0 Å². The maximum atomic E-state index is 12.1. The predicted octanol–water partition coefficient (Wildman–Crippen LogP) is 5.07. The number of carbonyl (C=O) groups is 1. The molecule has 1 atom stereocenters. The van der Waals surface area contributed by atoms with Crippen molar-refractivity contribution in [3.63, 3.8) is 0 Å². The molecule has 0 aromatic heterocycles. The quantitative estimate of drug-likeness (QED) is 0.658. The van der Waals surface area contributed by atoms with E-state index in [1.165, 1.54) is 11.3 Å². The van der Waals surface area contributed by atoms with Crippen LogP contribution < -0.4 is 10.2 Å². The summed E-state index contributed by atoms with van der Waals surface area (Å²) in [5.41, 5.74) is 2.47. The van der Waals surface area contributed by atoms with Crippen LogP contribution in [0.25, 0.3) is 0 Å². The van der Waals surface area contributed by atoms with Crippen LogP contribution in [0.3, 0.4) is 0 Å².